The van der Waals surface area contributed by atoms with Crippen molar-refractivity contribution in [3.63, 3.8) is 0 Å². The molecule has 1 N–H and O–H groups in total. The van der Waals surface area contributed by atoms with Crippen molar-refractivity contribution in [2.45, 2.75) is 6.92 Å². The van der Waals surface area contributed by atoms with Gasteiger partial charge in [-0.25, -0.2) is 23.9 Å². The molecule has 0 saturated carbocycles. The number of pyridine rings is 2. The van der Waals surface area contributed by atoms with Crippen molar-refractivity contribution >= 4 is 29.4 Å². The maximum absolute atomic E-state index is 14.0. The number of aryl methyl sites for hydroxylation is 1. The van der Waals surface area contributed by atoms with Crippen molar-refractivity contribution < 1.29 is 4.39 Å². The fourth-order valence-electron chi connectivity index (χ4n) is 3.21. The molecule has 5 rings (SSSR count). The van der Waals surface area contributed by atoms with Crippen molar-refractivity contribution in [2.75, 3.05) is 0 Å². The summed E-state index contributed by atoms with van der Waals surface area (Å²) in [6.45, 7) is 1.92. The number of fused-ring (bicyclic) bond motifs is 1. The Kier molecular flexibility index (Phi) is 4.76. The topological polar surface area (TPSA) is 84.1 Å². The number of aromatic nitrogens is 6. The predicted octanol–water partition coefficient (Wildman–Crippen LogP) is 5.03. The fourth-order valence-corrected chi connectivity index (χ4v) is 3.39. The fraction of sp³-hybridized carbons (Fsp3) is 0.0455. The average Bonchev–Trinajstić information content (AvgIpc) is 3.41. The van der Waals surface area contributed by atoms with Gasteiger partial charge in [0.15, 0.2) is 5.65 Å². The van der Waals surface area contributed by atoms with Crippen molar-refractivity contribution in [3.8, 4) is 22.6 Å². The first-order chi connectivity index (χ1) is 15.1. The summed E-state index contributed by atoms with van der Waals surface area (Å²) in [7, 11) is 0. The summed E-state index contributed by atoms with van der Waals surface area (Å²) in [4.78, 5) is 21.0. The number of benzene rings is 1. The maximum atomic E-state index is 14.0. The van der Waals surface area contributed by atoms with E-state index in [1.807, 2.05) is 43.5 Å². The Morgan fingerprint density at radius 3 is 2.90 bits per heavy atom. The number of halogens is 2. The lowest BCUT2D eigenvalue weighted by Crippen LogP contribution is -1.91. The molecule has 0 saturated heterocycles. The summed E-state index contributed by atoms with van der Waals surface area (Å²) in [5, 5.41) is 4.55. The molecule has 0 spiro atoms. The van der Waals surface area contributed by atoms with E-state index in [2.05, 4.69) is 30.0 Å². The van der Waals surface area contributed by atoms with Gasteiger partial charge in [0.05, 0.1) is 11.4 Å². The molecule has 5 aromatic rings. The van der Waals surface area contributed by atoms with E-state index in [1.165, 1.54) is 30.7 Å². The number of nitrogens with one attached hydrogen (secondary N) is 1. The van der Waals surface area contributed by atoms with Crippen LogP contribution in [0.3, 0.4) is 0 Å². The van der Waals surface area contributed by atoms with Gasteiger partial charge in [0, 0.05) is 34.3 Å². The molecule has 0 unspecified atom stereocenters. The number of hydrogen-bond acceptors (Lipinski definition) is 5. The van der Waals surface area contributed by atoms with Gasteiger partial charge in [0.1, 0.15) is 17.8 Å². The van der Waals surface area contributed by atoms with E-state index in [9.17, 15) is 4.39 Å². The van der Waals surface area contributed by atoms with Gasteiger partial charge < -0.3 is 4.98 Å². The Morgan fingerprint density at radius 2 is 2.03 bits per heavy atom. The molecular formula is C22H15ClFN7. The van der Waals surface area contributed by atoms with Crippen LogP contribution in [0.25, 0.3) is 28.3 Å². The lowest BCUT2D eigenvalue weighted by Gasteiger charge is -2.03. The number of imidazole rings is 1. The van der Waals surface area contributed by atoms with Crippen LogP contribution in [0, 0.1) is 12.7 Å². The van der Waals surface area contributed by atoms with Crippen LogP contribution in [-0.2, 0) is 0 Å². The van der Waals surface area contributed by atoms with Gasteiger partial charge in [-0.15, -0.1) is 0 Å². The summed E-state index contributed by atoms with van der Waals surface area (Å²) in [6.07, 6.45) is 4.69. The van der Waals surface area contributed by atoms with Crippen LogP contribution in [0.5, 0.6) is 0 Å². The van der Waals surface area contributed by atoms with Crippen LogP contribution in [0.4, 0.5) is 10.3 Å². The number of aliphatic imine (C=N–C) groups is 1. The third-order valence-corrected chi connectivity index (χ3v) is 4.91. The van der Waals surface area contributed by atoms with E-state index in [1.54, 1.807) is 4.52 Å². The highest BCUT2D eigenvalue weighted by atomic mass is 35.5. The van der Waals surface area contributed by atoms with Crippen LogP contribution in [0.1, 0.15) is 11.3 Å². The van der Waals surface area contributed by atoms with Crippen LogP contribution < -0.4 is 0 Å². The second-order valence-corrected chi connectivity index (χ2v) is 7.29. The zero-order valence-corrected chi connectivity index (χ0v) is 17.0. The summed E-state index contributed by atoms with van der Waals surface area (Å²) < 4.78 is 15.7. The maximum Gasteiger partial charge on any atom is 0.227 e. The zero-order valence-electron chi connectivity index (χ0n) is 16.3. The molecule has 0 aliphatic carbocycles. The van der Waals surface area contributed by atoms with Gasteiger partial charge in [0.25, 0.3) is 0 Å². The molecule has 0 aliphatic rings. The molecule has 4 heterocycles. The van der Waals surface area contributed by atoms with Gasteiger partial charge in [0.2, 0.25) is 5.95 Å². The average molecular weight is 432 g/mol. The standard InChI is InChI=1S/C22H15ClFN7/c1-13-3-2-4-18(28-13)21-20(14-7-8-31-19(10-14)26-12-27-31)29-22(30-21)25-11-15-9-16(23)5-6-17(15)24/h2-12H,1H3,(H,29,30). The van der Waals surface area contributed by atoms with Crippen LogP contribution in [0.2, 0.25) is 5.02 Å². The van der Waals surface area contributed by atoms with Gasteiger partial charge in [-0.3, -0.25) is 4.98 Å². The third-order valence-electron chi connectivity index (χ3n) is 4.67. The first-order valence-corrected chi connectivity index (χ1v) is 9.77. The molecule has 0 bridgehead atoms. The number of aromatic amines is 1. The van der Waals surface area contributed by atoms with E-state index < -0.39 is 5.82 Å². The molecule has 0 atom stereocenters. The Balaban J connectivity index is 1.62. The molecule has 4 aromatic heterocycles. The SMILES string of the molecule is Cc1cccc(-c2[nH]c(N=Cc3cc(Cl)ccc3F)nc2-c2ccn3ncnc3c2)n1. The highest BCUT2D eigenvalue weighted by molar-refractivity contribution is 6.30. The normalized spacial score (nSPS) is 11.6. The molecule has 0 amide bonds. The smallest absolute Gasteiger partial charge is 0.227 e. The highest BCUT2D eigenvalue weighted by Gasteiger charge is 2.16. The number of H-pyrrole nitrogens is 1. The van der Waals surface area contributed by atoms with E-state index in [-0.39, 0.29) is 5.56 Å². The Morgan fingerprint density at radius 1 is 1.13 bits per heavy atom. The first kappa shape index (κ1) is 19.1. The molecule has 7 nitrogen and oxygen atoms in total. The van der Waals surface area contributed by atoms with Gasteiger partial charge >= 0.3 is 0 Å². The van der Waals surface area contributed by atoms with Crippen molar-refractivity contribution in [1.29, 1.82) is 0 Å². The molecule has 1 aromatic carbocycles. The van der Waals surface area contributed by atoms with Gasteiger partial charge in [-0.2, -0.15) is 5.10 Å². The lowest BCUT2D eigenvalue weighted by molar-refractivity contribution is 0.626. The minimum absolute atomic E-state index is 0.269. The molecule has 0 radical (unpaired) electrons. The first-order valence-electron chi connectivity index (χ1n) is 9.40. The molecule has 152 valence electrons. The lowest BCUT2D eigenvalue weighted by atomic mass is 10.1. The highest BCUT2D eigenvalue weighted by Crippen LogP contribution is 2.32. The molecule has 31 heavy (non-hydrogen) atoms. The Hall–Kier alpha value is -3.91. The van der Waals surface area contributed by atoms with Crippen LogP contribution >= 0.6 is 11.6 Å². The molecule has 0 fully saturated rings. The van der Waals surface area contributed by atoms with Crippen molar-refractivity contribution in [3.05, 3.63) is 83.2 Å². The number of nitrogens with zero attached hydrogens (tertiary/aromatic N) is 6. The summed E-state index contributed by atoms with van der Waals surface area (Å²) >= 11 is 5.97. The number of rotatable bonds is 4. The van der Waals surface area contributed by atoms with Gasteiger partial charge in [-0.1, -0.05) is 17.7 Å². The van der Waals surface area contributed by atoms with Crippen LogP contribution in [-0.4, -0.2) is 35.8 Å². The zero-order chi connectivity index (χ0) is 21.4. The molecule has 9 heteroatoms. The number of hydrogen-bond donors (Lipinski definition) is 1. The monoisotopic (exact) mass is 431 g/mol. The largest absolute Gasteiger partial charge is 0.320 e. The molecular weight excluding hydrogens is 417 g/mol. The predicted molar refractivity (Wildman–Crippen MR) is 117 cm³/mol. The van der Waals surface area contributed by atoms with Crippen molar-refractivity contribution in [1.82, 2.24) is 29.5 Å². The minimum atomic E-state index is -0.419. The third kappa shape index (κ3) is 3.80. The van der Waals surface area contributed by atoms with E-state index in [0.29, 0.717) is 28.0 Å². The van der Waals surface area contributed by atoms with E-state index >= 15 is 0 Å². The summed E-state index contributed by atoms with van der Waals surface area (Å²) in [5.74, 6) is -0.105. The minimum Gasteiger partial charge on any atom is -0.320 e. The van der Waals surface area contributed by atoms with Crippen molar-refractivity contribution in [2.24, 2.45) is 4.99 Å². The van der Waals surface area contributed by atoms with E-state index in [0.717, 1.165) is 17.0 Å². The summed E-state index contributed by atoms with van der Waals surface area (Å²) in [5.41, 5.74) is 4.73. The summed E-state index contributed by atoms with van der Waals surface area (Å²) in [6, 6.07) is 13.8. The second kappa shape index (κ2) is 7.73. The van der Waals surface area contributed by atoms with Crippen LogP contribution in [0.15, 0.2) is 66.0 Å². The Labute approximate surface area is 181 Å². The van der Waals surface area contributed by atoms with E-state index in [4.69, 9.17) is 11.6 Å². The van der Waals surface area contributed by atoms with Gasteiger partial charge in [-0.05, 0) is 49.4 Å². The quantitative estimate of drug-likeness (QED) is 0.404. The molecule has 0 aliphatic heterocycles. The Bertz CT molecular complexity index is 1440. The second-order valence-electron chi connectivity index (χ2n) is 6.85.